The van der Waals surface area contributed by atoms with Crippen LogP contribution < -0.4 is 20.0 Å². The average molecular weight is 566 g/mol. The number of hydrogen-bond donors (Lipinski definition) is 2. The first-order chi connectivity index (χ1) is 19.4. The van der Waals surface area contributed by atoms with E-state index in [0.29, 0.717) is 44.0 Å². The fourth-order valence-electron chi connectivity index (χ4n) is 4.10. The van der Waals surface area contributed by atoms with Crippen LogP contribution in [0, 0.1) is 0 Å². The Bertz CT molecular complexity index is 1440. The molecule has 4 aromatic heterocycles. The standard InChI is InChI=1S/C26H31N9O4S/c1-33(2)6-11-39-21-5-4-17(13-27-21)23-30-20-12-19(40-22(20)24(31-23)35-7-9-38-10-8-35)16-34(3)26-28-14-18(15-29-26)25(36)32-37/h4-5,12-15,37H,6-11,16H2,1-3H3,(H,32,36). The molecule has 14 heteroatoms. The van der Waals surface area contributed by atoms with E-state index in [0.717, 1.165) is 46.1 Å². The molecule has 210 valence electrons. The van der Waals surface area contributed by atoms with Crippen LogP contribution in [0.4, 0.5) is 11.8 Å². The summed E-state index contributed by atoms with van der Waals surface area (Å²) in [6.45, 7) is 4.68. The second-order valence-corrected chi connectivity index (χ2v) is 10.6. The maximum atomic E-state index is 11.6. The van der Waals surface area contributed by atoms with Crippen molar-refractivity contribution in [2.75, 3.05) is 70.4 Å². The molecule has 1 aliphatic rings. The minimum atomic E-state index is -0.662. The zero-order valence-electron chi connectivity index (χ0n) is 22.6. The predicted octanol–water partition coefficient (Wildman–Crippen LogP) is 2.08. The maximum Gasteiger partial charge on any atom is 0.277 e. The molecule has 13 nitrogen and oxygen atoms in total. The number of ether oxygens (including phenoxy) is 2. The van der Waals surface area contributed by atoms with Gasteiger partial charge in [-0.25, -0.2) is 30.4 Å². The van der Waals surface area contributed by atoms with Gasteiger partial charge in [0.1, 0.15) is 6.61 Å². The number of hydroxylamine groups is 1. The first-order valence-electron chi connectivity index (χ1n) is 12.8. The van der Waals surface area contributed by atoms with Gasteiger partial charge in [-0.1, -0.05) is 0 Å². The summed E-state index contributed by atoms with van der Waals surface area (Å²) in [5.74, 6) is 1.83. The first-order valence-corrected chi connectivity index (χ1v) is 13.6. The Hall–Kier alpha value is -3.98. The van der Waals surface area contributed by atoms with Crippen molar-refractivity contribution in [2.24, 2.45) is 0 Å². The molecule has 0 saturated carbocycles. The Morgan fingerprint density at radius 1 is 1.12 bits per heavy atom. The number of likely N-dealkylation sites (N-methyl/N-ethyl adjacent to an activating group) is 1. The molecule has 5 heterocycles. The number of pyridine rings is 1. The molecule has 0 bridgehead atoms. The van der Waals surface area contributed by atoms with Gasteiger partial charge >= 0.3 is 0 Å². The molecule has 40 heavy (non-hydrogen) atoms. The number of nitrogens with zero attached hydrogens (tertiary/aromatic N) is 8. The molecule has 1 saturated heterocycles. The van der Waals surface area contributed by atoms with Crippen LogP contribution >= 0.6 is 11.3 Å². The quantitative estimate of drug-likeness (QED) is 0.215. The van der Waals surface area contributed by atoms with E-state index >= 15 is 0 Å². The normalized spacial score (nSPS) is 13.6. The summed E-state index contributed by atoms with van der Waals surface area (Å²) in [7, 11) is 5.87. The number of morpholine rings is 1. The summed E-state index contributed by atoms with van der Waals surface area (Å²) in [5.41, 5.74) is 3.41. The molecule has 0 aromatic carbocycles. The van der Waals surface area contributed by atoms with Crippen LogP contribution in [-0.2, 0) is 11.3 Å². The van der Waals surface area contributed by atoms with Crippen LogP contribution in [0.2, 0.25) is 0 Å². The third kappa shape index (κ3) is 6.42. The number of anilines is 2. The topological polar surface area (TPSA) is 142 Å². The number of nitrogens with one attached hydrogen (secondary N) is 1. The van der Waals surface area contributed by atoms with Crippen LogP contribution in [0.15, 0.2) is 36.8 Å². The number of carbonyl (C=O) groups excluding carboxylic acids is 1. The lowest BCUT2D eigenvalue weighted by Gasteiger charge is -2.28. The van der Waals surface area contributed by atoms with E-state index in [-0.39, 0.29) is 5.56 Å². The van der Waals surface area contributed by atoms with Crippen LogP contribution in [0.5, 0.6) is 5.88 Å². The van der Waals surface area contributed by atoms with E-state index in [9.17, 15) is 4.79 Å². The Labute approximate surface area is 235 Å². The fraction of sp³-hybridized carbons (Fsp3) is 0.385. The van der Waals surface area contributed by atoms with Gasteiger partial charge in [0, 0.05) is 61.8 Å². The van der Waals surface area contributed by atoms with E-state index in [1.165, 1.54) is 12.4 Å². The summed E-state index contributed by atoms with van der Waals surface area (Å²) in [5, 5.41) is 8.80. The largest absolute Gasteiger partial charge is 0.476 e. The third-order valence-corrected chi connectivity index (χ3v) is 7.34. The van der Waals surface area contributed by atoms with E-state index in [4.69, 9.17) is 24.6 Å². The number of hydrogen-bond acceptors (Lipinski definition) is 13. The van der Waals surface area contributed by atoms with Gasteiger partial charge in [0.15, 0.2) is 11.6 Å². The molecule has 5 rings (SSSR count). The highest BCUT2D eigenvalue weighted by Crippen LogP contribution is 2.35. The van der Waals surface area contributed by atoms with E-state index in [1.54, 1.807) is 23.0 Å². The second-order valence-electron chi connectivity index (χ2n) is 9.50. The minimum Gasteiger partial charge on any atom is -0.476 e. The molecule has 0 unspecified atom stereocenters. The fourth-order valence-corrected chi connectivity index (χ4v) is 5.26. The van der Waals surface area contributed by atoms with Crippen molar-refractivity contribution in [3.05, 3.63) is 47.2 Å². The number of carbonyl (C=O) groups is 1. The molecule has 1 aliphatic heterocycles. The van der Waals surface area contributed by atoms with Gasteiger partial charge in [0.25, 0.3) is 5.91 Å². The van der Waals surface area contributed by atoms with E-state index in [2.05, 4.69) is 30.8 Å². The highest BCUT2D eigenvalue weighted by atomic mass is 32.1. The Morgan fingerprint density at radius 3 is 2.58 bits per heavy atom. The number of thiophene rings is 1. The molecular formula is C26H31N9O4S. The van der Waals surface area contributed by atoms with Crippen LogP contribution in [0.3, 0.4) is 0 Å². The summed E-state index contributed by atoms with van der Waals surface area (Å²) in [4.78, 5) is 41.6. The van der Waals surface area contributed by atoms with Crippen molar-refractivity contribution < 1.29 is 19.5 Å². The Morgan fingerprint density at radius 2 is 1.90 bits per heavy atom. The molecule has 0 radical (unpaired) electrons. The van der Waals surface area contributed by atoms with Crippen molar-refractivity contribution in [1.29, 1.82) is 0 Å². The lowest BCUT2D eigenvalue weighted by Crippen LogP contribution is -2.36. The van der Waals surface area contributed by atoms with Gasteiger partial charge in [0.2, 0.25) is 11.8 Å². The summed E-state index contributed by atoms with van der Waals surface area (Å²) in [6, 6.07) is 5.84. The minimum absolute atomic E-state index is 0.169. The van der Waals surface area contributed by atoms with Crippen molar-refractivity contribution in [1.82, 2.24) is 35.3 Å². The predicted molar refractivity (Wildman–Crippen MR) is 151 cm³/mol. The number of rotatable bonds is 10. The zero-order chi connectivity index (χ0) is 28.1. The van der Waals surface area contributed by atoms with Gasteiger partial charge in [-0.15, -0.1) is 11.3 Å². The molecule has 0 aliphatic carbocycles. The van der Waals surface area contributed by atoms with Crippen LogP contribution in [-0.4, -0.2) is 102 Å². The smallest absolute Gasteiger partial charge is 0.277 e. The average Bonchev–Trinajstić information content (AvgIpc) is 3.39. The third-order valence-electron chi connectivity index (χ3n) is 6.23. The number of aromatic nitrogens is 5. The van der Waals surface area contributed by atoms with E-state index < -0.39 is 5.91 Å². The molecule has 0 atom stereocenters. The Balaban J connectivity index is 1.41. The van der Waals surface area contributed by atoms with Crippen molar-refractivity contribution >= 4 is 39.2 Å². The van der Waals surface area contributed by atoms with Crippen molar-refractivity contribution in [3.63, 3.8) is 0 Å². The van der Waals surface area contributed by atoms with Crippen LogP contribution in [0.25, 0.3) is 21.6 Å². The highest BCUT2D eigenvalue weighted by Gasteiger charge is 2.21. The first kappa shape index (κ1) is 27.6. The van der Waals surface area contributed by atoms with Crippen LogP contribution in [0.1, 0.15) is 15.2 Å². The number of fused-ring (bicyclic) bond motifs is 1. The summed E-state index contributed by atoms with van der Waals surface area (Å²) in [6.07, 6.45) is 4.49. The van der Waals surface area contributed by atoms with Gasteiger partial charge in [-0.2, -0.15) is 0 Å². The molecule has 1 fully saturated rings. The van der Waals surface area contributed by atoms with Gasteiger partial charge < -0.3 is 24.2 Å². The maximum absolute atomic E-state index is 11.6. The van der Waals surface area contributed by atoms with Crippen molar-refractivity contribution in [2.45, 2.75) is 6.54 Å². The van der Waals surface area contributed by atoms with E-state index in [1.807, 2.05) is 38.2 Å². The summed E-state index contributed by atoms with van der Waals surface area (Å²) < 4.78 is 12.3. The van der Waals surface area contributed by atoms with Crippen molar-refractivity contribution in [3.8, 4) is 17.3 Å². The second kappa shape index (κ2) is 12.5. The van der Waals surface area contributed by atoms with Gasteiger partial charge in [-0.3, -0.25) is 10.0 Å². The molecule has 0 spiro atoms. The highest BCUT2D eigenvalue weighted by molar-refractivity contribution is 7.19. The molecule has 4 aromatic rings. The SMILES string of the molecule is CN(C)CCOc1ccc(-c2nc(N3CCOCC3)c3sc(CN(C)c4ncc(C(=O)NO)cn4)cc3n2)cn1. The lowest BCUT2D eigenvalue weighted by atomic mass is 10.2. The lowest BCUT2D eigenvalue weighted by molar-refractivity contribution is 0.0705. The zero-order valence-corrected chi connectivity index (χ0v) is 23.4. The Kier molecular flexibility index (Phi) is 8.60. The van der Waals surface area contributed by atoms with Gasteiger partial charge in [-0.05, 0) is 26.2 Å². The molecule has 2 N–H and O–H groups in total. The summed E-state index contributed by atoms with van der Waals surface area (Å²) >= 11 is 1.63. The molecule has 1 amide bonds. The van der Waals surface area contributed by atoms with Gasteiger partial charge in [0.05, 0.1) is 35.5 Å². The molecular weight excluding hydrogens is 534 g/mol. The monoisotopic (exact) mass is 565 g/mol. The number of amides is 1.